The first-order valence-corrected chi connectivity index (χ1v) is 10.5. The maximum absolute atomic E-state index is 13.8. The van der Waals surface area contributed by atoms with Crippen LogP contribution in [0.4, 0.5) is 4.39 Å². The molecule has 24 heavy (non-hydrogen) atoms. The van der Waals surface area contributed by atoms with Crippen LogP contribution < -0.4 is 4.72 Å². The average molecular weight is 352 g/mol. The number of halogens is 1. The highest BCUT2D eigenvalue weighted by molar-refractivity contribution is 7.90. The van der Waals surface area contributed by atoms with Crippen molar-refractivity contribution in [2.75, 3.05) is 13.1 Å². The summed E-state index contributed by atoms with van der Waals surface area (Å²) in [7, 11) is -3.06. The quantitative estimate of drug-likeness (QED) is 0.886. The topological polar surface area (TPSA) is 49.4 Å². The fourth-order valence-corrected chi connectivity index (χ4v) is 5.82. The maximum atomic E-state index is 13.8. The highest BCUT2D eigenvalue weighted by atomic mass is 32.2. The molecule has 0 unspecified atom stereocenters. The van der Waals surface area contributed by atoms with Gasteiger partial charge in [-0.05, 0) is 63.1 Å². The van der Waals surface area contributed by atoms with Crippen molar-refractivity contribution in [3.05, 3.63) is 35.6 Å². The Morgan fingerprint density at radius 2 is 1.83 bits per heavy atom. The number of piperidine rings is 1. The van der Waals surface area contributed by atoms with Crippen LogP contribution >= 0.6 is 0 Å². The first-order chi connectivity index (χ1) is 11.5. The number of nitrogens with zero attached hydrogens (tertiary/aromatic N) is 1. The van der Waals surface area contributed by atoms with Crippen molar-refractivity contribution in [2.45, 2.75) is 56.4 Å². The zero-order chi connectivity index (χ0) is 16.8. The van der Waals surface area contributed by atoms with Gasteiger partial charge in [0, 0.05) is 18.2 Å². The summed E-state index contributed by atoms with van der Waals surface area (Å²) in [6, 6.07) is 7.11. The van der Waals surface area contributed by atoms with E-state index in [4.69, 9.17) is 0 Å². The third kappa shape index (κ3) is 3.37. The van der Waals surface area contributed by atoms with E-state index >= 15 is 0 Å². The van der Waals surface area contributed by atoms with Crippen molar-refractivity contribution in [1.29, 1.82) is 0 Å². The Bertz CT molecular complexity index is 701. The Labute approximate surface area is 143 Å². The molecule has 1 heterocycles. The molecule has 2 aliphatic carbocycles. The number of hydrogen-bond acceptors (Lipinski definition) is 3. The summed E-state index contributed by atoms with van der Waals surface area (Å²) < 4.78 is 40.7. The second kappa shape index (κ2) is 6.07. The van der Waals surface area contributed by atoms with Crippen LogP contribution in [0.15, 0.2) is 24.3 Å². The van der Waals surface area contributed by atoms with Crippen molar-refractivity contribution in [3.8, 4) is 0 Å². The monoisotopic (exact) mass is 352 g/mol. The molecule has 1 spiro atoms. The number of rotatable bonds is 5. The van der Waals surface area contributed by atoms with Crippen molar-refractivity contribution in [3.63, 3.8) is 0 Å². The lowest BCUT2D eigenvalue weighted by Crippen LogP contribution is -2.55. The molecule has 4 nitrogen and oxygen atoms in total. The summed E-state index contributed by atoms with van der Waals surface area (Å²) >= 11 is 0. The van der Waals surface area contributed by atoms with Crippen molar-refractivity contribution in [2.24, 2.45) is 5.41 Å². The van der Waals surface area contributed by atoms with E-state index in [2.05, 4.69) is 9.62 Å². The van der Waals surface area contributed by atoms with Gasteiger partial charge in [0.2, 0.25) is 10.0 Å². The lowest BCUT2D eigenvalue weighted by Gasteiger charge is -2.52. The summed E-state index contributed by atoms with van der Waals surface area (Å²) in [5.74, 6) is -0.129. The summed E-state index contributed by atoms with van der Waals surface area (Å²) in [6.07, 6.45) is 5.74. The molecular formula is C18H25FN2O2S. The summed E-state index contributed by atoms with van der Waals surface area (Å²) in [4.78, 5) is 2.31. The smallest absolute Gasteiger partial charge is 0.214 e. The minimum Gasteiger partial charge on any atom is -0.299 e. The van der Waals surface area contributed by atoms with Crippen LogP contribution in [0.5, 0.6) is 0 Å². The fourth-order valence-electron chi connectivity index (χ4n) is 4.24. The summed E-state index contributed by atoms with van der Waals surface area (Å²) in [5, 5.41) is -0.128. The third-order valence-corrected chi connectivity index (χ3v) is 7.93. The summed E-state index contributed by atoms with van der Waals surface area (Å²) in [6.45, 7) is 2.60. The summed E-state index contributed by atoms with van der Waals surface area (Å²) in [5.41, 5.74) is 1.07. The molecule has 4 rings (SSSR count). The third-order valence-electron chi connectivity index (χ3n) is 5.92. The van der Waals surface area contributed by atoms with Gasteiger partial charge in [-0.25, -0.2) is 17.5 Å². The fraction of sp³-hybridized carbons (Fsp3) is 0.667. The van der Waals surface area contributed by atoms with Gasteiger partial charge in [-0.15, -0.1) is 0 Å². The van der Waals surface area contributed by atoms with Crippen LogP contribution in [-0.2, 0) is 16.6 Å². The number of nitrogens with one attached hydrogen (secondary N) is 1. The molecule has 0 atom stereocenters. The Balaban J connectivity index is 1.26. The van der Waals surface area contributed by atoms with Crippen LogP contribution in [0.25, 0.3) is 0 Å². The van der Waals surface area contributed by atoms with Gasteiger partial charge in [-0.3, -0.25) is 4.90 Å². The van der Waals surface area contributed by atoms with E-state index in [1.807, 2.05) is 12.1 Å². The molecule has 1 saturated heterocycles. The molecule has 132 valence electrons. The molecule has 1 N–H and O–H groups in total. The Morgan fingerprint density at radius 3 is 2.46 bits per heavy atom. The number of likely N-dealkylation sites (tertiary alicyclic amines) is 1. The van der Waals surface area contributed by atoms with E-state index < -0.39 is 10.0 Å². The van der Waals surface area contributed by atoms with E-state index in [9.17, 15) is 12.8 Å². The van der Waals surface area contributed by atoms with Gasteiger partial charge < -0.3 is 0 Å². The molecule has 0 bridgehead atoms. The maximum Gasteiger partial charge on any atom is 0.214 e. The van der Waals surface area contributed by atoms with Gasteiger partial charge in [0.25, 0.3) is 0 Å². The first kappa shape index (κ1) is 16.5. The standard InChI is InChI=1S/C18H25FN2O2S/c19-17-4-2-1-3-14(17)13-21-9-7-18(8-10-21)11-15(12-18)20-24(22,23)16-5-6-16/h1-4,15-16,20H,5-13H2. The van der Waals surface area contributed by atoms with Gasteiger partial charge in [0.1, 0.15) is 5.82 Å². The zero-order valence-electron chi connectivity index (χ0n) is 13.9. The molecule has 1 aromatic carbocycles. The predicted molar refractivity (Wildman–Crippen MR) is 91.4 cm³/mol. The SMILES string of the molecule is O=S(=O)(NC1CC2(CCN(Cc3ccccc3F)CC2)C1)C1CC1. The number of hydrogen-bond donors (Lipinski definition) is 1. The van der Waals surface area contributed by atoms with Gasteiger partial charge in [-0.2, -0.15) is 0 Å². The minimum atomic E-state index is -3.06. The second-order valence-electron chi connectivity index (χ2n) is 7.83. The van der Waals surface area contributed by atoms with Crippen LogP contribution in [-0.4, -0.2) is 37.7 Å². The lowest BCUT2D eigenvalue weighted by molar-refractivity contribution is 0.0103. The second-order valence-corrected chi connectivity index (χ2v) is 9.83. The first-order valence-electron chi connectivity index (χ1n) is 8.93. The van der Waals surface area contributed by atoms with E-state index in [0.717, 1.165) is 57.2 Å². The molecule has 3 fully saturated rings. The van der Waals surface area contributed by atoms with Crippen LogP contribution in [0.1, 0.15) is 44.1 Å². The van der Waals surface area contributed by atoms with Crippen LogP contribution in [0.3, 0.4) is 0 Å². The van der Waals surface area contributed by atoms with Crippen molar-refractivity contribution < 1.29 is 12.8 Å². The predicted octanol–water partition coefficient (Wildman–Crippen LogP) is 2.65. The molecule has 0 aromatic heterocycles. The number of sulfonamides is 1. The van der Waals surface area contributed by atoms with Gasteiger partial charge >= 0.3 is 0 Å². The van der Waals surface area contributed by atoms with E-state index in [0.29, 0.717) is 12.0 Å². The average Bonchev–Trinajstić information content (AvgIpc) is 3.35. The lowest BCUT2D eigenvalue weighted by atomic mass is 9.60. The highest BCUT2D eigenvalue weighted by Crippen LogP contribution is 2.49. The Hall–Kier alpha value is -0.980. The van der Waals surface area contributed by atoms with Crippen molar-refractivity contribution in [1.82, 2.24) is 9.62 Å². The zero-order valence-corrected chi connectivity index (χ0v) is 14.7. The molecule has 3 aliphatic rings. The van der Waals surface area contributed by atoms with E-state index in [1.54, 1.807) is 6.07 Å². The van der Waals surface area contributed by atoms with Crippen molar-refractivity contribution >= 4 is 10.0 Å². The molecule has 2 saturated carbocycles. The molecule has 0 radical (unpaired) electrons. The van der Waals surface area contributed by atoms with E-state index in [-0.39, 0.29) is 17.1 Å². The largest absolute Gasteiger partial charge is 0.299 e. The van der Waals surface area contributed by atoms with Crippen LogP contribution in [0, 0.1) is 11.2 Å². The molecule has 1 aliphatic heterocycles. The molecule has 6 heteroatoms. The number of benzene rings is 1. The van der Waals surface area contributed by atoms with Gasteiger partial charge in [-0.1, -0.05) is 18.2 Å². The normalized spacial score (nSPS) is 24.9. The highest BCUT2D eigenvalue weighted by Gasteiger charge is 2.48. The molecule has 1 aromatic rings. The molecule has 0 amide bonds. The Kier molecular flexibility index (Phi) is 4.17. The molecular weight excluding hydrogens is 327 g/mol. The van der Waals surface area contributed by atoms with E-state index in [1.165, 1.54) is 6.07 Å². The Morgan fingerprint density at radius 1 is 1.17 bits per heavy atom. The minimum absolute atomic E-state index is 0.128. The van der Waals surface area contributed by atoms with Crippen LogP contribution in [0.2, 0.25) is 0 Å². The van der Waals surface area contributed by atoms with Gasteiger partial charge in [0.05, 0.1) is 5.25 Å². The van der Waals surface area contributed by atoms with Gasteiger partial charge in [0.15, 0.2) is 0 Å².